The van der Waals surface area contributed by atoms with Crippen molar-refractivity contribution in [2.24, 2.45) is 0 Å². The van der Waals surface area contributed by atoms with Gasteiger partial charge in [-0.25, -0.2) is 0 Å². The van der Waals surface area contributed by atoms with Crippen molar-refractivity contribution < 1.29 is 4.79 Å². The number of carbonyl (C=O) groups excluding carboxylic acids is 1. The molecule has 4 heteroatoms. The highest BCUT2D eigenvalue weighted by Crippen LogP contribution is 2.21. The Morgan fingerprint density at radius 3 is 2.43 bits per heavy atom. The van der Waals surface area contributed by atoms with Crippen LogP contribution in [-0.4, -0.2) is 15.6 Å². The molecule has 1 heterocycles. The second-order valence-corrected chi connectivity index (χ2v) is 5.87. The molecule has 0 spiro atoms. The summed E-state index contributed by atoms with van der Waals surface area (Å²) in [5, 5.41) is 4.42. The molecule has 112 valence electrons. The first-order chi connectivity index (χ1) is 9.95. The molecule has 1 unspecified atom stereocenters. The van der Waals surface area contributed by atoms with E-state index < -0.39 is 0 Å². The van der Waals surface area contributed by atoms with Crippen LogP contribution in [0.3, 0.4) is 0 Å². The van der Waals surface area contributed by atoms with Gasteiger partial charge in [-0.15, -0.1) is 0 Å². The summed E-state index contributed by atoms with van der Waals surface area (Å²) in [6.07, 6.45) is 2.86. The Balaban J connectivity index is 1.93. The zero-order valence-electron chi connectivity index (χ0n) is 12.9. The smallest absolute Gasteiger partial charge is 0.139 e. The maximum atomic E-state index is 12.2. The molecular formula is C17H23N3O. The van der Waals surface area contributed by atoms with Gasteiger partial charge in [0.2, 0.25) is 0 Å². The third-order valence-corrected chi connectivity index (χ3v) is 3.61. The predicted octanol–water partition coefficient (Wildman–Crippen LogP) is 3.35. The first-order valence-electron chi connectivity index (χ1n) is 7.37. The van der Waals surface area contributed by atoms with Gasteiger partial charge in [0.05, 0.1) is 12.1 Å². The summed E-state index contributed by atoms with van der Waals surface area (Å²) in [4.78, 5) is 12.2. The molecule has 2 aromatic rings. The Kier molecular flexibility index (Phi) is 4.78. The normalized spacial score (nSPS) is 12.6. The Morgan fingerprint density at radius 2 is 1.86 bits per heavy atom. The maximum absolute atomic E-state index is 12.2. The highest BCUT2D eigenvalue weighted by atomic mass is 16.1. The molecular weight excluding hydrogens is 262 g/mol. The van der Waals surface area contributed by atoms with Gasteiger partial charge in [-0.05, 0) is 43.5 Å². The first-order valence-corrected chi connectivity index (χ1v) is 7.37. The Hall–Kier alpha value is -2.10. The van der Waals surface area contributed by atoms with Crippen molar-refractivity contribution in [1.29, 1.82) is 0 Å². The average molecular weight is 285 g/mol. The number of aromatic nitrogens is 2. The fraction of sp³-hybridized carbons (Fsp3) is 0.412. The molecule has 0 bridgehead atoms. The number of carbonyl (C=O) groups is 1. The number of Topliss-reactive ketones (excluding diaryl/α,β-unsaturated/α-hetero) is 1. The van der Waals surface area contributed by atoms with Crippen LogP contribution in [-0.2, 0) is 11.2 Å². The van der Waals surface area contributed by atoms with Gasteiger partial charge in [0.25, 0.3) is 0 Å². The summed E-state index contributed by atoms with van der Waals surface area (Å²) < 4.78 is 1.88. The van der Waals surface area contributed by atoms with Gasteiger partial charge in [-0.3, -0.25) is 9.48 Å². The largest absolute Gasteiger partial charge is 0.399 e. The third-order valence-electron chi connectivity index (χ3n) is 3.61. The van der Waals surface area contributed by atoms with Gasteiger partial charge in [-0.2, -0.15) is 5.10 Å². The van der Waals surface area contributed by atoms with Crippen molar-refractivity contribution in [2.75, 3.05) is 5.73 Å². The van der Waals surface area contributed by atoms with E-state index in [1.165, 1.54) is 0 Å². The molecule has 0 aliphatic heterocycles. The summed E-state index contributed by atoms with van der Waals surface area (Å²) in [5.74, 6) is 0.415. The minimum atomic E-state index is 0.199. The quantitative estimate of drug-likeness (QED) is 0.828. The van der Waals surface area contributed by atoms with E-state index in [1.54, 1.807) is 0 Å². The maximum Gasteiger partial charge on any atom is 0.139 e. The second kappa shape index (κ2) is 6.57. The van der Waals surface area contributed by atoms with Gasteiger partial charge in [0.1, 0.15) is 5.78 Å². The molecule has 0 aliphatic rings. The van der Waals surface area contributed by atoms with Gasteiger partial charge < -0.3 is 5.73 Å². The van der Waals surface area contributed by atoms with Crippen LogP contribution >= 0.6 is 0 Å². The number of nitrogens with two attached hydrogens (primary N) is 1. The van der Waals surface area contributed by atoms with Gasteiger partial charge in [0.15, 0.2) is 0 Å². The van der Waals surface area contributed by atoms with Crippen LogP contribution in [0.5, 0.6) is 0 Å². The molecule has 0 aliphatic carbocycles. The van der Waals surface area contributed by atoms with Crippen LogP contribution < -0.4 is 5.73 Å². The lowest BCUT2D eigenvalue weighted by molar-refractivity contribution is -0.118. The molecule has 0 fully saturated rings. The summed E-state index contributed by atoms with van der Waals surface area (Å²) in [7, 11) is 0. The van der Waals surface area contributed by atoms with Gasteiger partial charge in [0, 0.05) is 24.3 Å². The minimum Gasteiger partial charge on any atom is -0.399 e. The molecule has 21 heavy (non-hydrogen) atoms. The van der Waals surface area contributed by atoms with Crippen molar-refractivity contribution >= 4 is 11.5 Å². The summed E-state index contributed by atoms with van der Waals surface area (Å²) in [5.41, 5.74) is 8.42. The van der Waals surface area contributed by atoms with E-state index in [1.807, 2.05) is 41.2 Å². The summed E-state index contributed by atoms with van der Waals surface area (Å²) in [6.45, 7) is 6.21. The van der Waals surface area contributed by atoms with E-state index in [9.17, 15) is 4.79 Å². The average Bonchev–Trinajstić information content (AvgIpc) is 2.87. The van der Waals surface area contributed by atoms with Crippen molar-refractivity contribution in [1.82, 2.24) is 9.78 Å². The molecule has 0 radical (unpaired) electrons. The molecule has 1 aromatic carbocycles. The number of hydrogen-bond donors (Lipinski definition) is 1. The van der Waals surface area contributed by atoms with Crippen LogP contribution in [0.4, 0.5) is 5.69 Å². The number of benzene rings is 1. The lowest BCUT2D eigenvalue weighted by Crippen LogP contribution is -2.09. The number of anilines is 1. The highest BCUT2D eigenvalue weighted by Gasteiger charge is 2.13. The summed E-state index contributed by atoms with van der Waals surface area (Å²) in [6, 6.07) is 9.97. The van der Waals surface area contributed by atoms with Crippen LogP contribution in [0, 0.1) is 0 Å². The third kappa shape index (κ3) is 4.18. The fourth-order valence-electron chi connectivity index (χ4n) is 2.32. The topological polar surface area (TPSA) is 60.9 Å². The van der Waals surface area contributed by atoms with Crippen molar-refractivity contribution in [2.45, 2.75) is 45.6 Å². The molecule has 1 aromatic heterocycles. The number of ketones is 1. The fourth-order valence-corrected chi connectivity index (χ4v) is 2.32. The van der Waals surface area contributed by atoms with Crippen LogP contribution in [0.25, 0.3) is 0 Å². The molecule has 0 amide bonds. The Morgan fingerprint density at radius 1 is 1.19 bits per heavy atom. The summed E-state index contributed by atoms with van der Waals surface area (Å²) >= 11 is 0. The van der Waals surface area contributed by atoms with Crippen LogP contribution in [0.1, 0.15) is 50.4 Å². The minimum absolute atomic E-state index is 0.199. The number of rotatable bonds is 6. The van der Waals surface area contributed by atoms with Crippen molar-refractivity contribution in [3.63, 3.8) is 0 Å². The lowest BCUT2D eigenvalue weighted by Gasteiger charge is -2.11. The van der Waals surface area contributed by atoms with E-state index in [-0.39, 0.29) is 11.7 Å². The van der Waals surface area contributed by atoms with E-state index >= 15 is 0 Å². The molecule has 0 saturated carbocycles. The molecule has 2 rings (SSSR count). The number of nitrogen functional groups attached to an aromatic ring is 1. The molecule has 0 saturated heterocycles. The predicted molar refractivity (Wildman–Crippen MR) is 85.2 cm³/mol. The van der Waals surface area contributed by atoms with Gasteiger partial charge in [-0.1, -0.05) is 19.1 Å². The van der Waals surface area contributed by atoms with Gasteiger partial charge >= 0.3 is 0 Å². The Bertz CT molecular complexity index is 599. The van der Waals surface area contributed by atoms with Crippen molar-refractivity contribution in [3.05, 3.63) is 47.8 Å². The standard InChI is InChI=1S/C17H23N3O/c1-12(2)20-9-8-16(19-20)11-17(21)10-13(3)14-4-6-15(18)7-5-14/h4-9,12-13H,10-11,18H2,1-3H3. The van der Waals surface area contributed by atoms with Crippen LogP contribution in [0.15, 0.2) is 36.5 Å². The first kappa shape index (κ1) is 15.3. The highest BCUT2D eigenvalue weighted by molar-refractivity contribution is 5.81. The Labute approximate surface area is 126 Å². The number of nitrogens with zero attached hydrogens (tertiary/aromatic N) is 2. The zero-order valence-corrected chi connectivity index (χ0v) is 12.9. The lowest BCUT2D eigenvalue weighted by atomic mass is 9.94. The molecule has 2 N–H and O–H groups in total. The van der Waals surface area contributed by atoms with Crippen molar-refractivity contribution in [3.8, 4) is 0 Å². The SMILES string of the molecule is CC(CC(=O)Cc1ccn(C(C)C)n1)c1ccc(N)cc1. The van der Waals surface area contributed by atoms with E-state index in [2.05, 4.69) is 25.9 Å². The van der Waals surface area contributed by atoms with E-state index in [4.69, 9.17) is 5.73 Å². The van der Waals surface area contributed by atoms with E-state index in [0.717, 1.165) is 16.9 Å². The zero-order chi connectivity index (χ0) is 15.4. The second-order valence-electron chi connectivity index (χ2n) is 5.87. The monoisotopic (exact) mass is 285 g/mol. The molecule has 4 nitrogen and oxygen atoms in total. The molecule has 1 atom stereocenters. The van der Waals surface area contributed by atoms with E-state index in [0.29, 0.717) is 18.9 Å². The number of hydrogen-bond acceptors (Lipinski definition) is 3. The van der Waals surface area contributed by atoms with Crippen LogP contribution in [0.2, 0.25) is 0 Å².